The number of rotatable bonds is 10. The zero-order valence-corrected chi connectivity index (χ0v) is 29.9. The molecule has 0 aliphatic rings. The number of aromatic nitrogens is 4. The van der Waals surface area contributed by atoms with Gasteiger partial charge in [-0.15, -0.1) is 0 Å². The van der Waals surface area contributed by atoms with Gasteiger partial charge in [0.2, 0.25) is 11.8 Å². The van der Waals surface area contributed by atoms with E-state index < -0.39 is 11.1 Å². The predicted octanol–water partition coefficient (Wildman–Crippen LogP) is 6.46. The molecule has 0 aliphatic carbocycles. The molecule has 4 rings (SSSR count). The molecule has 1 radical (unpaired) electrons. The Labute approximate surface area is 304 Å². The van der Waals surface area contributed by atoms with Crippen LogP contribution in [0.4, 0.5) is 28.7 Å². The number of aromatic hydroxyl groups is 2. The fourth-order valence-corrected chi connectivity index (χ4v) is 4.68. The maximum atomic E-state index is 12.3. The quantitative estimate of drug-likeness (QED) is 0.0606. The number of unbranched alkanes of at least 4 members (excludes halogenated alkanes) is 2. The van der Waals surface area contributed by atoms with E-state index in [1.807, 2.05) is 19.9 Å². The molecule has 0 saturated heterocycles. The average molecular weight is 746 g/mol. The van der Waals surface area contributed by atoms with Crippen LogP contribution in [0.25, 0.3) is 4.85 Å². The van der Waals surface area contributed by atoms with Gasteiger partial charge >= 0.3 is 11.6 Å². The molecule has 17 heteroatoms. The molecule has 0 amide bonds. The standard InChI is InChI=1S/2C17H19N5O3.Cu/c1-5-6-10-21-16(23)14(18-4)12(3)15(17(21)24)20-19-13-9-7-8-11(2)22(13)25;1-4-5-9-21-16(23)13(10-18)12(3)15(17(21)24)20-19-14-8-6-7-11(2)22(14)25;/h7-9,24H,5-6,10H2,1-3H3;6-8,24H,4-5,9H2,1-3H3;. The van der Waals surface area contributed by atoms with Crippen molar-refractivity contribution in [3.05, 3.63) is 107 Å². The van der Waals surface area contributed by atoms with E-state index in [1.165, 1.54) is 26.0 Å². The molecule has 0 spiro atoms. The van der Waals surface area contributed by atoms with Crippen molar-refractivity contribution in [3.8, 4) is 17.8 Å². The van der Waals surface area contributed by atoms with Crippen molar-refractivity contribution >= 4 is 28.7 Å². The van der Waals surface area contributed by atoms with Crippen LogP contribution in [0.5, 0.6) is 11.8 Å². The van der Waals surface area contributed by atoms with Gasteiger partial charge in [-0.25, -0.2) is 14.3 Å². The van der Waals surface area contributed by atoms with Crippen LogP contribution in [0.1, 0.15) is 67.6 Å². The first-order valence-corrected chi connectivity index (χ1v) is 15.8. The molecule has 0 fully saturated rings. The third kappa shape index (κ3) is 9.21. The molecule has 4 aromatic rings. The zero-order valence-electron chi connectivity index (χ0n) is 29.0. The van der Waals surface area contributed by atoms with Crippen LogP contribution in [0, 0.1) is 56.0 Å². The van der Waals surface area contributed by atoms with E-state index in [1.54, 1.807) is 38.1 Å². The van der Waals surface area contributed by atoms with Crippen LogP contribution >= 0.6 is 0 Å². The Morgan fingerprint density at radius 1 is 0.784 bits per heavy atom. The summed E-state index contributed by atoms with van der Waals surface area (Å²) in [5, 5.41) is 69.6. The van der Waals surface area contributed by atoms with E-state index in [0.29, 0.717) is 33.7 Å². The number of nitriles is 1. The Balaban J connectivity index is 0.000000347. The van der Waals surface area contributed by atoms with Crippen LogP contribution < -0.4 is 20.6 Å². The number of azo groups is 2. The van der Waals surface area contributed by atoms with E-state index in [0.717, 1.165) is 22.0 Å². The summed E-state index contributed by atoms with van der Waals surface area (Å²) in [4.78, 5) is 27.9. The third-order valence-corrected chi connectivity index (χ3v) is 7.70. The first-order chi connectivity index (χ1) is 23.8. The monoisotopic (exact) mass is 745 g/mol. The molecular formula is C34H38CuN10O6. The van der Waals surface area contributed by atoms with Gasteiger partial charge in [0.15, 0.2) is 11.4 Å². The first-order valence-electron chi connectivity index (χ1n) is 15.8. The van der Waals surface area contributed by atoms with Crippen LogP contribution in [-0.4, -0.2) is 19.3 Å². The molecule has 0 bridgehead atoms. The van der Waals surface area contributed by atoms with Crippen molar-refractivity contribution in [3.63, 3.8) is 0 Å². The Morgan fingerprint density at radius 2 is 1.22 bits per heavy atom. The number of aryl methyl sites for hydroxylation is 2. The van der Waals surface area contributed by atoms with Crippen molar-refractivity contribution in [1.29, 1.82) is 5.26 Å². The van der Waals surface area contributed by atoms with E-state index in [4.69, 9.17) is 6.57 Å². The topological polar surface area (TPSA) is 216 Å². The van der Waals surface area contributed by atoms with Crippen molar-refractivity contribution < 1.29 is 36.7 Å². The summed E-state index contributed by atoms with van der Waals surface area (Å²) in [5.41, 5.74) is 0.0771. The minimum Gasteiger partial charge on any atom is -0.710 e. The SMILES string of the molecule is CCCCn1c(O)c(N=Nc2cccc(C)[n+]2[O-])c(C)c(C#N)c1=O.[C-]#[N+]c1c(C)c(N=Nc2cccc(C)[n+]2[O-])c(O)n(CCCC)c1=O.[Cu]. The Hall–Kier alpha value is -5.90. The maximum absolute atomic E-state index is 12.3. The largest absolute Gasteiger partial charge is 0.710 e. The predicted molar refractivity (Wildman–Crippen MR) is 184 cm³/mol. The van der Waals surface area contributed by atoms with Gasteiger partial charge in [-0.3, -0.25) is 18.7 Å². The van der Waals surface area contributed by atoms with Gasteiger partial charge in [-0.05, 0) is 80.6 Å². The normalized spacial score (nSPS) is 10.7. The number of nitrogens with zero attached hydrogens (tertiary/aromatic N) is 10. The molecular weight excluding hydrogens is 708 g/mol. The third-order valence-electron chi connectivity index (χ3n) is 7.70. The van der Waals surface area contributed by atoms with Gasteiger partial charge in [-0.2, -0.15) is 5.26 Å². The summed E-state index contributed by atoms with van der Waals surface area (Å²) in [6.07, 6.45) is 2.97. The van der Waals surface area contributed by atoms with Crippen LogP contribution in [0.15, 0.2) is 66.4 Å². The molecule has 51 heavy (non-hydrogen) atoms. The smallest absolute Gasteiger partial charge is 0.353 e. The molecule has 0 aromatic carbocycles. The fraction of sp³-hybridized carbons (Fsp3) is 0.353. The van der Waals surface area contributed by atoms with E-state index in [-0.39, 0.29) is 87.3 Å². The van der Waals surface area contributed by atoms with Crippen molar-refractivity contribution in [1.82, 2.24) is 9.13 Å². The summed E-state index contributed by atoms with van der Waals surface area (Å²) < 4.78 is 3.46. The molecule has 0 atom stereocenters. The number of hydrogen-bond acceptors (Lipinski definition) is 11. The molecule has 0 unspecified atom stereocenters. The van der Waals surface area contributed by atoms with E-state index in [2.05, 4.69) is 25.3 Å². The van der Waals surface area contributed by atoms with Crippen molar-refractivity contribution in [2.24, 2.45) is 20.5 Å². The second-order valence-corrected chi connectivity index (χ2v) is 11.2. The van der Waals surface area contributed by atoms with Crippen molar-refractivity contribution in [2.75, 3.05) is 0 Å². The minimum atomic E-state index is -0.556. The van der Waals surface area contributed by atoms with Gasteiger partial charge < -0.3 is 20.6 Å². The molecule has 16 nitrogen and oxygen atoms in total. The maximum Gasteiger partial charge on any atom is 0.353 e. The van der Waals surface area contributed by atoms with Gasteiger partial charge in [0, 0.05) is 47.9 Å². The summed E-state index contributed by atoms with van der Waals surface area (Å²) in [6, 6.07) is 11.4. The van der Waals surface area contributed by atoms with Gasteiger partial charge in [-0.1, -0.05) is 26.7 Å². The number of hydrogen-bond donors (Lipinski definition) is 2. The molecule has 4 aromatic heterocycles. The molecule has 0 aliphatic heterocycles. The summed E-state index contributed by atoms with van der Waals surface area (Å²) >= 11 is 0. The molecule has 2 N–H and O–H groups in total. The van der Waals surface area contributed by atoms with E-state index >= 15 is 0 Å². The Kier molecular flexibility index (Phi) is 15.2. The van der Waals surface area contributed by atoms with Gasteiger partial charge in [0.05, 0.1) is 16.8 Å². The second kappa shape index (κ2) is 18.7. The zero-order chi connectivity index (χ0) is 37.1. The van der Waals surface area contributed by atoms with Gasteiger partial charge in [0.1, 0.15) is 23.0 Å². The van der Waals surface area contributed by atoms with Gasteiger partial charge in [0.25, 0.3) is 16.8 Å². The van der Waals surface area contributed by atoms with Crippen LogP contribution in [0.2, 0.25) is 0 Å². The summed E-state index contributed by atoms with van der Waals surface area (Å²) in [5.74, 6) is -0.612. The number of pyridine rings is 4. The molecule has 4 heterocycles. The Morgan fingerprint density at radius 3 is 1.63 bits per heavy atom. The average Bonchev–Trinajstić information content (AvgIpc) is 3.09. The molecule has 0 saturated carbocycles. The van der Waals surface area contributed by atoms with Crippen molar-refractivity contribution in [2.45, 2.75) is 80.3 Å². The molecule has 271 valence electrons. The second-order valence-electron chi connectivity index (χ2n) is 11.2. The summed E-state index contributed by atoms with van der Waals surface area (Å²) in [6.45, 7) is 18.0. The van der Waals surface area contributed by atoms with Crippen LogP contribution in [0.3, 0.4) is 0 Å². The summed E-state index contributed by atoms with van der Waals surface area (Å²) in [7, 11) is 0. The fourth-order valence-electron chi connectivity index (χ4n) is 4.68. The minimum absolute atomic E-state index is 0. The first kappa shape index (κ1) is 41.3. The van der Waals surface area contributed by atoms with Crippen LogP contribution in [-0.2, 0) is 30.2 Å². The van der Waals surface area contributed by atoms with E-state index in [9.17, 15) is 35.5 Å². The Bertz CT molecular complexity index is 2010.